The van der Waals surface area contributed by atoms with E-state index in [1.807, 2.05) is 48.8 Å². The quantitative estimate of drug-likeness (QED) is 0.201. The van der Waals surface area contributed by atoms with Crippen LogP contribution in [-0.2, 0) is 6.42 Å². The Balaban J connectivity index is 1.44. The number of benzene rings is 3. The number of halogens is 1. The minimum absolute atomic E-state index is 0.0155. The SMILES string of the molecule is Cc1cc(/C=c2/sc3n(c2=O)[C@H](c2cccc([N+](=O)[O-])c2)C2=C(N=3)c3ccccc3CC2)c(C)n1-c1ccc(F)cc1. The molecule has 7 rings (SSSR count). The van der Waals surface area contributed by atoms with Crippen molar-refractivity contribution in [1.82, 2.24) is 9.13 Å². The van der Waals surface area contributed by atoms with E-state index in [1.165, 1.54) is 35.1 Å². The van der Waals surface area contributed by atoms with Gasteiger partial charge in [0, 0.05) is 34.8 Å². The van der Waals surface area contributed by atoms with Crippen molar-refractivity contribution in [3.8, 4) is 5.69 Å². The molecule has 0 bridgehead atoms. The number of allylic oxidation sites excluding steroid dienone is 1. The zero-order chi connectivity index (χ0) is 29.1. The zero-order valence-corrected chi connectivity index (χ0v) is 23.7. The minimum atomic E-state index is -0.502. The number of aromatic nitrogens is 2. The molecule has 1 atom stereocenters. The number of aryl methyl sites for hydroxylation is 2. The molecule has 0 radical (unpaired) electrons. The van der Waals surface area contributed by atoms with E-state index in [9.17, 15) is 19.3 Å². The third-order valence-electron chi connectivity index (χ3n) is 8.11. The molecule has 2 aliphatic rings. The Bertz CT molecular complexity index is 2140. The highest BCUT2D eigenvalue weighted by molar-refractivity contribution is 7.07. The van der Waals surface area contributed by atoms with E-state index in [-0.39, 0.29) is 17.1 Å². The lowest BCUT2D eigenvalue weighted by atomic mass is 9.83. The maximum atomic E-state index is 14.1. The number of nitro benzene ring substituents is 1. The van der Waals surface area contributed by atoms with E-state index in [0.717, 1.165) is 45.9 Å². The van der Waals surface area contributed by atoms with Crippen LogP contribution >= 0.6 is 11.3 Å². The summed E-state index contributed by atoms with van der Waals surface area (Å²) in [5.41, 5.74) is 8.15. The van der Waals surface area contributed by atoms with E-state index >= 15 is 0 Å². The van der Waals surface area contributed by atoms with Gasteiger partial charge in [0.25, 0.3) is 11.2 Å². The summed E-state index contributed by atoms with van der Waals surface area (Å²) in [6, 6.07) is 22.5. The molecule has 42 heavy (non-hydrogen) atoms. The summed E-state index contributed by atoms with van der Waals surface area (Å²) in [6.45, 7) is 3.95. The van der Waals surface area contributed by atoms with Crippen molar-refractivity contribution in [2.45, 2.75) is 32.7 Å². The van der Waals surface area contributed by atoms with Gasteiger partial charge in [-0.2, -0.15) is 0 Å². The largest absolute Gasteiger partial charge is 0.318 e. The van der Waals surface area contributed by atoms with Crippen LogP contribution in [0.2, 0.25) is 0 Å². The van der Waals surface area contributed by atoms with Crippen molar-refractivity contribution in [2.75, 3.05) is 0 Å². The molecule has 1 aliphatic heterocycles. The fourth-order valence-electron chi connectivity index (χ4n) is 6.19. The van der Waals surface area contributed by atoms with Gasteiger partial charge in [0.2, 0.25) is 0 Å². The molecule has 2 aromatic heterocycles. The molecule has 0 saturated carbocycles. The summed E-state index contributed by atoms with van der Waals surface area (Å²) < 4.78 is 17.8. The molecule has 7 nitrogen and oxygen atoms in total. The molecular weight excluding hydrogens is 551 g/mol. The lowest BCUT2D eigenvalue weighted by molar-refractivity contribution is -0.384. The highest BCUT2D eigenvalue weighted by Gasteiger charge is 2.33. The smallest absolute Gasteiger partial charge is 0.271 e. The molecule has 0 unspecified atom stereocenters. The van der Waals surface area contributed by atoms with Gasteiger partial charge in [0.05, 0.1) is 21.2 Å². The number of fused-ring (bicyclic) bond motifs is 3. The van der Waals surface area contributed by atoms with Crippen LogP contribution in [0.15, 0.2) is 94.2 Å². The lowest BCUT2D eigenvalue weighted by Gasteiger charge is -2.30. The van der Waals surface area contributed by atoms with Crippen molar-refractivity contribution < 1.29 is 9.31 Å². The van der Waals surface area contributed by atoms with Crippen LogP contribution < -0.4 is 14.9 Å². The van der Waals surface area contributed by atoms with E-state index < -0.39 is 11.0 Å². The Morgan fingerprint density at radius 3 is 2.60 bits per heavy atom. The number of non-ortho nitro benzene ring substituents is 1. The minimum Gasteiger partial charge on any atom is -0.318 e. The van der Waals surface area contributed by atoms with Crippen molar-refractivity contribution in [3.05, 3.63) is 154 Å². The molecule has 1 aliphatic carbocycles. The Morgan fingerprint density at radius 1 is 1.02 bits per heavy atom. The van der Waals surface area contributed by atoms with Crippen LogP contribution in [-0.4, -0.2) is 14.1 Å². The monoisotopic (exact) mass is 576 g/mol. The van der Waals surface area contributed by atoms with E-state index in [0.29, 0.717) is 21.3 Å². The highest BCUT2D eigenvalue weighted by Crippen LogP contribution is 2.41. The maximum absolute atomic E-state index is 14.1. The second kappa shape index (κ2) is 9.88. The third-order valence-corrected chi connectivity index (χ3v) is 9.09. The number of hydrogen-bond acceptors (Lipinski definition) is 5. The van der Waals surface area contributed by atoms with Gasteiger partial charge in [-0.05, 0) is 85.4 Å². The van der Waals surface area contributed by atoms with Gasteiger partial charge < -0.3 is 4.57 Å². The third kappa shape index (κ3) is 4.16. The second-order valence-corrected chi connectivity index (χ2v) is 11.6. The first-order valence-corrected chi connectivity index (χ1v) is 14.4. The molecule has 0 amide bonds. The molecule has 3 heterocycles. The van der Waals surface area contributed by atoms with Crippen LogP contribution in [0, 0.1) is 29.8 Å². The topological polar surface area (TPSA) is 82.4 Å². The van der Waals surface area contributed by atoms with Crippen LogP contribution in [0.4, 0.5) is 10.1 Å². The number of hydrogen-bond donors (Lipinski definition) is 0. The van der Waals surface area contributed by atoms with Gasteiger partial charge >= 0.3 is 0 Å². The van der Waals surface area contributed by atoms with Gasteiger partial charge in [-0.15, -0.1) is 0 Å². The molecule has 0 fully saturated rings. The van der Waals surface area contributed by atoms with Gasteiger partial charge in [-0.1, -0.05) is 47.7 Å². The first kappa shape index (κ1) is 26.0. The Hall–Kier alpha value is -4.89. The van der Waals surface area contributed by atoms with Crippen molar-refractivity contribution in [2.24, 2.45) is 4.99 Å². The fraction of sp³-hybridized carbons (Fsp3) is 0.152. The molecule has 3 aromatic carbocycles. The van der Waals surface area contributed by atoms with E-state index in [1.54, 1.807) is 28.8 Å². The summed E-state index contributed by atoms with van der Waals surface area (Å²) in [5.74, 6) is -0.300. The fourth-order valence-corrected chi connectivity index (χ4v) is 7.19. The first-order valence-electron chi connectivity index (χ1n) is 13.6. The molecule has 9 heteroatoms. The number of nitro groups is 1. The summed E-state index contributed by atoms with van der Waals surface area (Å²) in [7, 11) is 0. The standard InChI is InChI=1S/C33H25FN4O3S/c1-19-16-23(20(2)36(19)25-13-11-24(34)12-14-25)18-29-32(39)37-31(22-7-5-8-26(17-22)38(40)41)28-15-10-21-6-3-4-9-27(21)30(28)35-33(37)42-29/h3-9,11-14,16-18,31H,10,15H2,1-2H3/b29-18+/t31-/m1/s1. The molecule has 0 saturated heterocycles. The Labute approximate surface area is 244 Å². The first-order chi connectivity index (χ1) is 20.3. The predicted molar refractivity (Wildman–Crippen MR) is 161 cm³/mol. The zero-order valence-electron chi connectivity index (χ0n) is 22.9. The number of rotatable bonds is 4. The normalized spacial score (nSPS) is 16.1. The summed E-state index contributed by atoms with van der Waals surface area (Å²) in [4.78, 5) is 31.0. The number of thiazole rings is 1. The van der Waals surface area contributed by atoms with Crippen LogP contribution in [0.25, 0.3) is 17.5 Å². The van der Waals surface area contributed by atoms with E-state index in [2.05, 4.69) is 12.1 Å². The number of nitrogens with zero attached hydrogens (tertiary/aromatic N) is 4. The predicted octanol–water partition coefficient (Wildman–Crippen LogP) is 5.77. The molecule has 0 N–H and O–H groups in total. The highest BCUT2D eigenvalue weighted by atomic mass is 32.1. The average molecular weight is 577 g/mol. The molecule has 0 spiro atoms. The Kier molecular flexibility index (Phi) is 6.13. The molecular formula is C33H25FN4O3S. The van der Waals surface area contributed by atoms with Gasteiger partial charge in [-0.25, -0.2) is 9.38 Å². The van der Waals surface area contributed by atoms with Crippen molar-refractivity contribution in [1.29, 1.82) is 0 Å². The van der Waals surface area contributed by atoms with Gasteiger partial charge in [0.1, 0.15) is 5.82 Å². The summed E-state index contributed by atoms with van der Waals surface area (Å²) >= 11 is 1.32. The van der Waals surface area contributed by atoms with Gasteiger partial charge in [0.15, 0.2) is 4.80 Å². The molecule has 208 valence electrons. The van der Waals surface area contributed by atoms with Crippen LogP contribution in [0.5, 0.6) is 0 Å². The summed E-state index contributed by atoms with van der Waals surface area (Å²) in [6.07, 6.45) is 3.38. The Morgan fingerprint density at radius 2 is 1.81 bits per heavy atom. The van der Waals surface area contributed by atoms with Crippen LogP contribution in [0.3, 0.4) is 0 Å². The van der Waals surface area contributed by atoms with Crippen molar-refractivity contribution in [3.63, 3.8) is 0 Å². The average Bonchev–Trinajstić information content (AvgIpc) is 3.45. The van der Waals surface area contributed by atoms with Gasteiger partial charge in [-0.3, -0.25) is 19.5 Å². The summed E-state index contributed by atoms with van der Waals surface area (Å²) in [5, 5.41) is 11.7. The molecule has 5 aromatic rings. The van der Waals surface area contributed by atoms with E-state index in [4.69, 9.17) is 4.99 Å². The maximum Gasteiger partial charge on any atom is 0.271 e. The second-order valence-electron chi connectivity index (χ2n) is 10.6. The van der Waals surface area contributed by atoms with Crippen LogP contribution in [0.1, 0.15) is 46.1 Å². The lowest BCUT2D eigenvalue weighted by Crippen LogP contribution is -2.38. The van der Waals surface area contributed by atoms with Crippen molar-refractivity contribution >= 4 is 28.8 Å².